The smallest absolute Gasteiger partial charge is 0.231 e. The van der Waals surface area contributed by atoms with Crippen LogP contribution in [0.3, 0.4) is 0 Å². The molecular weight excluding hydrogens is 362 g/mol. The molecule has 1 fully saturated rings. The van der Waals surface area contributed by atoms with Gasteiger partial charge in [-0.2, -0.15) is 0 Å². The Kier molecular flexibility index (Phi) is 5.67. The van der Waals surface area contributed by atoms with Crippen LogP contribution in [0.2, 0.25) is 0 Å². The number of rotatable bonds is 5. The molecule has 0 saturated carbocycles. The largest absolute Gasteiger partial charge is 0.381 e. The van der Waals surface area contributed by atoms with Crippen LogP contribution < -0.4 is 5.32 Å². The van der Waals surface area contributed by atoms with Gasteiger partial charge < -0.3 is 10.1 Å². The van der Waals surface area contributed by atoms with E-state index in [-0.39, 0.29) is 16.8 Å². The Bertz CT molecular complexity index is 886. The number of benzene rings is 2. The molecule has 0 aromatic heterocycles. The summed E-state index contributed by atoms with van der Waals surface area (Å²) < 4.78 is 28.7. The maximum Gasteiger partial charge on any atom is 0.231 e. The van der Waals surface area contributed by atoms with Crippen LogP contribution in [0.15, 0.2) is 59.5 Å². The molecule has 0 radical (unpaired) electrons. The lowest BCUT2D eigenvalue weighted by atomic mass is 9.73. The summed E-state index contributed by atoms with van der Waals surface area (Å²) in [5.41, 5.74) is 1.27. The SMILES string of the molecule is C[C@H](NC(=O)C1(c2ccccc2)CCOCC1)c1ccc(S(C)(=O)=O)cc1. The minimum atomic E-state index is -3.23. The Balaban J connectivity index is 1.81. The molecule has 0 aliphatic carbocycles. The van der Waals surface area contributed by atoms with Gasteiger partial charge in [0.15, 0.2) is 9.84 Å². The van der Waals surface area contributed by atoms with Crippen LogP contribution in [0.5, 0.6) is 0 Å². The summed E-state index contributed by atoms with van der Waals surface area (Å²) in [5.74, 6) is -0.0170. The molecule has 144 valence electrons. The van der Waals surface area contributed by atoms with Crippen LogP contribution in [-0.4, -0.2) is 33.8 Å². The van der Waals surface area contributed by atoms with Crippen molar-refractivity contribution in [2.75, 3.05) is 19.5 Å². The molecule has 5 nitrogen and oxygen atoms in total. The first-order valence-corrected chi connectivity index (χ1v) is 11.0. The van der Waals surface area contributed by atoms with Gasteiger partial charge in [0, 0.05) is 19.5 Å². The van der Waals surface area contributed by atoms with Gasteiger partial charge in [-0.25, -0.2) is 8.42 Å². The quantitative estimate of drug-likeness (QED) is 0.856. The molecule has 1 amide bonds. The third-order valence-corrected chi connectivity index (χ3v) is 6.39. The van der Waals surface area contributed by atoms with E-state index in [0.717, 1.165) is 11.1 Å². The molecule has 27 heavy (non-hydrogen) atoms. The minimum absolute atomic E-state index is 0.0170. The number of sulfone groups is 1. The standard InChI is InChI=1S/C21H25NO4S/c1-16(17-8-10-19(11-9-17)27(2,24)25)22-20(23)21(12-14-26-15-13-21)18-6-4-3-5-7-18/h3-11,16H,12-15H2,1-2H3,(H,22,23)/t16-/m0/s1. The van der Waals surface area contributed by atoms with Gasteiger partial charge in [-0.3, -0.25) is 4.79 Å². The Morgan fingerprint density at radius 2 is 1.63 bits per heavy atom. The van der Waals surface area contributed by atoms with E-state index in [1.807, 2.05) is 37.3 Å². The van der Waals surface area contributed by atoms with E-state index in [4.69, 9.17) is 4.74 Å². The van der Waals surface area contributed by atoms with Crippen molar-refractivity contribution in [1.29, 1.82) is 0 Å². The third-order valence-electron chi connectivity index (χ3n) is 5.26. The van der Waals surface area contributed by atoms with Gasteiger partial charge in [-0.15, -0.1) is 0 Å². The van der Waals surface area contributed by atoms with Crippen molar-refractivity contribution in [3.05, 3.63) is 65.7 Å². The molecule has 0 unspecified atom stereocenters. The summed E-state index contributed by atoms with van der Waals surface area (Å²) in [6, 6.07) is 16.3. The first kappa shape index (κ1) is 19.6. The molecule has 2 aromatic carbocycles. The summed E-state index contributed by atoms with van der Waals surface area (Å²) >= 11 is 0. The average molecular weight is 388 g/mol. The Hall–Kier alpha value is -2.18. The van der Waals surface area contributed by atoms with E-state index in [1.165, 1.54) is 6.26 Å². The average Bonchev–Trinajstić information content (AvgIpc) is 2.68. The molecule has 1 aliphatic heterocycles. The molecule has 1 saturated heterocycles. The zero-order valence-electron chi connectivity index (χ0n) is 15.6. The van der Waals surface area contributed by atoms with E-state index in [1.54, 1.807) is 24.3 Å². The highest BCUT2D eigenvalue weighted by Crippen LogP contribution is 2.35. The van der Waals surface area contributed by atoms with E-state index in [2.05, 4.69) is 5.32 Å². The van der Waals surface area contributed by atoms with Crippen LogP contribution in [0.25, 0.3) is 0 Å². The van der Waals surface area contributed by atoms with E-state index in [9.17, 15) is 13.2 Å². The van der Waals surface area contributed by atoms with Crippen molar-refractivity contribution in [2.45, 2.75) is 36.1 Å². The van der Waals surface area contributed by atoms with Gasteiger partial charge in [-0.05, 0) is 43.0 Å². The van der Waals surface area contributed by atoms with Crippen molar-refractivity contribution < 1.29 is 17.9 Å². The predicted octanol–water partition coefficient (Wildman–Crippen LogP) is 3.02. The number of carbonyl (C=O) groups is 1. The number of ether oxygens (including phenoxy) is 1. The molecule has 2 aromatic rings. The van der Waals surface area contributed by atoms with Gasteiger partial charge in [-0.1, -0.05) is 42.5 Å². The lowest BCUT2D eigenvalue weighted by Gasteiger charge is -2.37. The fourth-order valence-corrected chi connectivity index (χ4v) is 4.18. The second kappa shape index (κ2) is 7.82. The van der Waals surface area contributed by atoms with Crippen molar-refractivity contribution in [2.24, 2.45) is 0 Å². The maximum atomic E-state index is 13.3. The molecule has 6 heteroatoms. The Labute approximate surface area is 160 Å². The monoisotopic (exact) mass is 387 g/mol. The van der Waals surface area contributed by atoms with E-state index >= 15 is 0 Å². The number of carbonyl (C=O) groups excluding carboxylic acids is 1. The Morgan fingerprint density at radius 3 is 2.19 bits per heavy atom. The highest BCUT2D eigenvalue weighted by Gasteiger charge is 2.42. The lowest BCUT2D eigenvalue weighted by molar-refractivity contribution is -0.131. The van der Waals surface area contributed by atoms with Crippen molar-refractivity contribution in [3.63, 3.8) is 0 Å². The summed E-state index contributed by atoms with van der Waals surface area (Å²) in [4.78, 5) is 13.5. The number of hydrogen-bond donors (Lipinski definition) is 1. The topological polar surface area (TPSA) is 72.5 Å². The maximum absolute atomic E-state index is 13.3. The zero-order valence-corrected chi connectivity index (χ0v) is 16.5. The first-order chi connectivity index (χ1) is 12.8. The van der Waals surface area contributed by atoms with Gasteiger partial charge in [0.25, 0.3) is 0 Å². The minimum Gasteiger partial charge on any atom is -0.381 e. The molecule has 1 N–H and O–H groups in total. The van der Waals surface area contributed by atoms with Crippen LogP contribution in [-0.2, 0) is 24.8 Å². The predicted molar refractivity (Wildman–Crippen MR) is 104 cm³/mol. The third kappa shape index (κ3) is 4.22. The summed E-state index contributed by atoms with van der Waals surface area (Å²) in [5, 5.41) is 3.12. The number of nitrogens with one attached hydrogen (secondary N) is 1. The molecule has 3 rings (SSSR count). The van der Waals surface area contributed by atoms with Crippen LogP contribution in [0.4, 0.5) is 0 Å². The molecule has 0 spiro atoms. The molecule has 0 bridgehead atoms. The van der Waals surface area contributed by atoms with Crippen LogP contribution in [0, 0.1) is 0 Å². The molecule has 1 heterocycles. The lowest BCUT2D eigenvalue weighted by Crippen LogP contribution is -2.48. The van der Waals surface area contributed by atoms with Gasteiger partial charge in [0.1, 0.15) is 0 Å². The second-order valence-corrected chi connectivity index (χ2v) is 9.11. The summed E-state index contributed by atoms with van der Waals surface area (Å²) in [6.45, 7) is 3.02. The van der Waals surface area contributed by atoms with Crippen LogP contribution in [0.1, 0.15) is 36.9 Å². The highest BCUT2D eigenvalue weighted by molar-refractivity contribution is 7.90. The number of hydrogen-bond acceptors (Lipinski definition) is 4. The number of amides is 1. The molecule has 1 aliphatic rings. The van der Waals surface area contributed by atoms with E-state index < -0.39 is 15.3 Å². The van der Waals surface area contributed by atoms with Gasteiger partial charge in [0.05, 0.1) is 16.4 Å². The summed E-state index contributed by atoms with van der Waals surface area (Å²) in [6.07, 6.45) is 2.47. The van der Waals surface area contributed by atoms with Gasteiger partial charge in [0.2, 0.25) is 5.91 Å². The fraction of sp³-hybridized carbons (Fsp3) is 0.381. The first-order valence-electron chi connectivity index (χ1n) is 9.07. The van der Waals surface area contributed by atoms with Crippen molar-refractivity contribution in [1.82, 2.24) is 5.32 Å². The summed E-state index contributed by atoms with van der Waals surface area (Å²) in [7, 11) is -3.23. The van der Waals surface area contributed by atoms with Gasteiger partial charge >= 0.3 is 0 Å². The normalized spacial score (nSPS) is 17.9. The van der Waals surface area contributed by atoms with E-state index in [0.29, 0.717) is 26.1 Å². The zero-order chi connectivity index (χ0) is 19.5. The van der Waals surface area contributed by atoms with Crippen LogP contribution >= 0.6 is 0 Å². The molecule has 1 atom stereocenters. The van der Waals surface area contributed by atoms with Crippen molar-refractivity contribution >= 4 is 15.7 Å². The second-order valence-electron chi connectivity index (χ2n) is 7.10. The molecular formula is C21H25NO4S. The van der Waals surface area contributed by atoms with Crippen molar-refractivity contribution in [3.8, 4) is 0 Å². The highest BCUT2D eigenvalue weighted by atomic mass is 32.2. The fourth-order valence-electron chi connectivity index (χ4n) is 3.55. The Morgan fingerprint density at radius 1 is 1.04 bits per heavy atom.